The van der Waals surface area contributed by atoms with E-state index in [1.165, 1.54) is 0 Å². The Kier molecular flexibility index (Phi) is 3.82. The Hall–Kier alpha value is -2.82. The van der Waals surface area contributed by atoms with E-state index in [9.17, 15) is 0 Å². The molecule has 0 aliphatic rings. The van der Waals surface area contributed by atoms with Gasteiger partial charge in [0.2, 0.25) is 0 Å². The fourth-order valence-corrected chi connectivity index (χ4v) is 1.98. The van der Waals surface area contributed by atoms with Gasteiger partial charge < -0.3 is 4.74 Å². The SMILES string of the molecule is C/N=C/c1ccc2cnnc(OCc3ccccc3)c2n1. The third-order valence-electron chi connectivity index (χ3n) is 2.98. The highest BCUT2D eigenvalue weighted by atomic mass is 16.5. The molecule has 0 aliphatic carbocycles. The van der Waals surface area contributed by atoms with Crippen LogP contribution in [0.25, 0.3) is 10.9 Å². The Morgan fingerprint density at radius 2 is 2.00 bits per heavy atom. The minimum atomic E-state index is 0.433. The van der Waals surface area contributed by atoms with Gasteiger partial charge in [-0.3, -0.25) is 4.99 Å². The predicted octanol–water partition coefficient (Wildman–Crippen LogP) is 2.65. The molecule has 2 aromatic heterocycles. The van der Waals surface area contributed by atoms with Crippen LogP contribution in [0.4, 0.5) is 0 Å². The van der Waals surface area contributed by atoms with Crippen LogP contribution < -0.4 is 4.74 Å². The molecule has 0 bridgehead atoms. The van der Waals surface area contributed by atoms with Crippen LogP contribution in [-0.2, 0) is 6.61 Å². The van der Waals surface area contributed by atoms with Gasteiger partial charge in [0.15, 0.2) is 0 Å². The van der Waals surface area contributed by atoms with E-state index in [0.29, 0.717) is 18.0 Å². The maximum atomic E-state index is 5.76. The lowest BCUT2D eigenvalue weighted by Gasteiger charge is -2.07. The van der Waals surface area contributed by atoms with E-state index < -0.39 is 0 Å². The Labute approximate surface area is 122 Å². The van der Waals surface area contributed by atoms with Gasteiger partial charge in [-0.05, 0) is 17.7 Å². The van der Waals surface area contributed by atoms with Crippen molar-refractivity contribution in [1.29, 1.82) is 0 Å². The van der Waals surface area contributed by atoms with Crippen LogP contribution in [0, 0.1) is 0 Å². The van der Waals surface area contributed by atoms with Crippen molar-refractivity contribution in [3.05, 3.63) is 59.9 Å². The maximum Gasteiger partial charge on any atom is 0.260 e. The summed E-state index contributed by atoms with van der Waals surface area (Å²) in [6.45, 7) is 0.433. The molecule has 0 unspecified atom stereocenters. The summed E-state index contributed by atoms with van der Waals surface area (Å²) in [6.07, 6.45) is 3.37. The molecule has 0 N–H and O–H groups in total. The van der Waals surface area contributed by atoms with Crippen LogP contribution in [-0.4, -0.2) is 28.4 Å². The maximum absolute atomic E-state index is 5.76. The molecule has 0 saturated heterocycles. The molecule has 1 aromatic carbocycles. The van der Waals surface area contributed by atoms with Crippen LogP contribution in [0.5, 0.6) is 5.88 Å². The topological polar surface area (TPSA) is 60.3 Å². The number of nitrogens with zero attached hydrogens (tertiary/aromatic N) is 4. The summed E-state index contributed by atoms with van der Waals surface area (Å²) >= 11 is 0. The lowest BCUT2D eigenvalue weighted by atomic mass is 10.2. The van der Waals surface area contributed by atoms with Crippen LogP contribution in [0.2, 0.25) is 0 Å². The zero-order valence-electron chi connectivity index (χ0n) is 11.6. The van der Waals surface area contributed by atoms with E-state index in [0.717, 1.165) is 16.6 Å². The van der Waals surface area contributed by atoms with Crippen molar-refractivity contribution >= 4 is 17.1 Å². The highest BCUT2D eigenvalue weighted by Gasteiger charge is 2.07. The van der Waals surface area contributed by atoms with Gasteiger partial charge in [0.05, 0.1) is 11.9 Å². The molecule has 3 aromatic rings. The Morgan fingerprint density at radius 3 is 2.81 bits per heavy atom. The molecule has 0 amide bonds. The first-order chi connectivity index (χ1) is 10.4. The normalized spacial score (nSPS) is 11.1. The largest absolute Gasteiger partial charge is 0.470 e. The standard InChI is InChI=1S/C16H14N4O/c1-17-10-14-8-7-13-9-18-20-16(15(13)19-14)21-11-12-5-3-2-4-6-12/h2-10H,11H2,1H3/b17-10+. The molecular formula is C16H14N4O. The Bertz CT molecular complexity index is 772. The molecule has 0 saturated carbocycles. The Morgan fingerprint density at radius 1 is 1.14 bits per heavy atom. The molecule has 0 spiro atoms. The van der Waals surface area contributed by atoms with E-state index in [1.807, 2.05) is 42.5 Å². The average molecular weight is 278 g/mol. The summed E-state index contributed by atoms with van der Waals surface area (Å²) in [5.74, 6) is 0.433. The zero-order chi connectivity index (χ0) is 14.5. The van der Waals surface area contributed by atoms with E-state index in [-0.39, 0.29) is 0 Å². The van der Waals surface area contributed by atoms with Crippen LogP contribution in [0.15, 0.2) is 53.7 Å². The highest BCUT2D eigenvalue weighted by Crippen LogP contribution is 2.20. The van der Waals surface area contributed by atoms with E-state index in [4.69, 9.17) is 4.74 Å². The van der Waals surface area contributed by atoms with Gasteiger partial charge >= 0.3 is 0 Å². The first-order valence-corrected chi connectivity index (χ1v) is 6.58. The van der Waals surface area contributed by atoms with Gasteiger partial charge in [0.1, 0.15) is 12.1 Å². The van der Waals surface area contributed by atoms with Crippen LogP contribution in [0.1, 0.15) is 11.3 Å². The lowest BCUT2D eigenvalue weighted by molar-refractivity contribution is 0.294. The van der Waals surface area contributed by atoms with Gasteiger partial charge in [-0.15, -0.1) is 5.10 Å². The molecule has 0 fully saturated rings. The minimum Gasteiger partial charge on any atom is -0.470 e. The van der Waals surface area contributed by atoms with Gasteiger partial charge in [-0.1, -0.05) is 30.3 Å². The van der Waals surface area contributed by atoms with Gasteiger partial charge in [-0.2, -0.15) is 5.10 Å². The van der Waals surface area contributed by atoms with E-state index >= 15 is 0 Å². The molecular weight excluding hydrogens is 264 g/mol. The minimum absolute atomic E-state index is 0.433. The summed E-state index contributed by atoms with van der Waals surface area (Å²) in [5, 5.41) is 8.89. The second kappa shape index (κ2) is 6.09. The molecule has 0 radical (unpaired) electrons. The van der Waals surface area contributed by atoms with Crippen molar-refractivity contribution in [2.24, 2.45) is 4.99 Å². The molecule has 3 rings (SSSR count). The van der Waals surface area contributed by atoms with Crippen molar-refractivity contribution in [2.75, 3.05) is 7.05 Å². The summed E-state index contributed by atoms with van der Waals surface area (Å²) in [7, 11) is 1.71. The number of aliphatic imine (C=N–C) groups is 1. The van der Waals surface area contributed by atoms with Gasteiger partial charge in [-0.25, -0.2) is 4.98 Å². The van der Waals surface area contributed by atoms with Crippen LogP contribution >= 0.6 is 0 Å². The fraction of sp³-hybridized carbons (Fsp3) is 0.125. The predicted molar refractivity (Wildman–Crippen MR) is 81.6 cm³/mol. The number of benzene rings is 1. The second-order valence-corrected chi connectivity index (χ2v) is 4.49. The summed E-state index contributed by atoms with van der Waals surface area (Å²) in [5.41, 5.74) is 2.53. The number of ether oxygens (including phenoxy) is 1. The van der Waals surface area contributed by atoms with E-state index in [1.54, 1.807) is 19.5 Å². The van der Waals surface area contributed by atoms with Crippen molar-refractivity contribution in [3.8, 4) is 5.88 Å². The third kappa shape index (κ3) is 3.02. The lowest BCUT2D eigenvalue weighted by Crippen LogP contribution is -2.01. The summed E-state index contributed by atoms with van der Waals surface area (Å²) in [4.78, 5) is 8.47. The number of rotatable bonds is 4. The average Bonchev–Trinajstić information content (AvgIpc) is 2.54. The molecule has 0 aliphatic heterocycles. The first kappa shape index (κ1) is 13.2. The van der Waals surface area contributed by atoms with Crippen molar-refractivity contribution in [3.63, 3.8) is 0 Å². The van der Waals surface area contributed by atoms with E-state index in [2.05, 4.69) is 20.2 Å². The fourth-order valence-electron chi connectivity index (χ4n) is 1.98. The number of hydrogen-bond acceptors (Lipinski definition) is 5. The van der Waals surface area contributed by atoms with Crippen molar-refractivity contribution in [1.82, 2.24) is 15.2 Å². The number of pyridine rings is 1. The monoisotopic (exact) mass is 278 g/mol. The Balaban J connectivity index is 1.92. The molecule has 5 nitrogen and oxygen atoms in total. The number of hydrogen-bond donors (Lipinski definition) is 0. The van der Waals surface area contributed by atoms with Gasteiger partial charge in [0, 0.05) is 18.6 Å². The number of fused-ring (bicyclic) bond motifs is 1. The summed E-state index contributed by atoms with van der Waals surface area (Å²) < 4.78 is 5.76. The zero-order valence-corrected chi connectivity index (χ0v) is 11.6. The molecule has 5 heteroatoms. The van der Waals surface area contributed by atoms with Gasteiger partial charge in [0.25, 0.3) is 5.88 Å². The van der Waals surface area contributed by atoms with Crippen molar-refractivity contribution in [2.45, 2.75) is 6.61 Å². The van der Waals surface area contributed by atoms with Crippen molar-refractivity contribution < 1.29 is 4.74 Å². The summed E-state index contributed by atoms with van der Waals surface area (Å²) in [6, 6.07) is 13.7. The second-order valence-electron chi connectivity index (χ2n) is 4.49. The smallest absolute Gasteiger partial charge is 0.260 e. The molecule has 21 heavy (non-hydrogen) atoms. The number of aromatic nitrogens is 3. The first-order valence-electron chi connectivity index (χ1n) is 6.58. The molecule has 0 atom stereocenters. The molecule has 104 valence electrons. The third-order valence-corrected chi connectivity index (χ3v) is 2.98. The molecule has 2 heterocycles. The van der Waals surface area contributed by atoms with Crippen LogP contribution in [0.3, 0.4) is 0 Å². The quantitative estimate of drug-likeness (QED) is 0.688. The highest BCUT2D eigenvalue weighted by molar-refractivity contribution is 5.86.